The molecule has 4 aromatic carbocycles. The highest BCUT2D eigenvalue weighted by Gasteiger charge is 2.40. The number of phenols is 5. The van der Waals surface area contributed by atoms with Crippen LogP contribution in [-0.4, -0.2) is 60.7 Å². The Morgan fingerprint density at radius 3 is 2.02 bits per heavy atom. The number of carbonyl (C=O) groups is 3. The largest absolute Gasteiger partial charge is 0.507 e. The molecule has 0 fully saturated rings. The summed E-state index contributed by atoms with van der Waals surface area (Å²) in [7, 11) is 1.27. The van der Waals surface area contributed by atoms with E-state index in [1.807, 2.05) is 0 Å². The van der Waals surface area contributed by atoms with Gasteiger partial charge in [-0.05, 0) is 54.6 Å². The van der Waals surface area contributed by atoms with Gasteiger partial charge in [-0.3, -0.25) is 14.4 Å². The Hall–Kier alpha value is -5.09. The second kappa shape index (κ2) is 8.45. The number of phenolic OH excluding ortho intramolecular Hbond substituents is 5. The molecule has 1 atom stereocenters. The third kappa shape index (κ3) is 3.57. The van der Waals surface area contributed by atoms with Crippen LogP contribution in [0.4, 0.5) is 0 Å². The number of aromatic hydroxyl groups is 5. The van der Waals surface area contributed by atoms with Crippen molar-refractivity contribution in [2.24, 2.45) is 0 Å². The van der Waals surface area contributed by atoms with Crippen molar-refractivity contribution in [2.75, 3.05) is 7.11 Å². The topological polar surface area (TPSA) is 182 Å². The zero-order valence-electron chi connectivity index (χ0n) is 22.1. The van der Waals surface area contributed by atoms with Gasteiger partial charge in [-0.15, -0.1) is 0 Å². The Balaban J connectivity index is 1.71. The van der Waals surface area contributed by atoms with E-state index in [2.05, 4.69) is 0 Å². The first kappa shape index (κ1) is 26.1. The fourth-order valence-corrected chi connectivity index (χ4v) is 6.13. The van der Waals surface area contributed by atoms with Crippen LogP contribution in [0.5, 0.6) is 34.5 Å². The van der Waals surface area contributed by atoms with Crippen molar-refractivity contribution in [3.8, 4) is 45.6 Å². The minimum atomic E-state index is -1.33. The van der Waals surface area contributed by atoms with Crippen LogP contribution in [0.25, 0.3) is 21.9 Å². The minimum absolute atomic E-state index is 0.0652. The van der Waals surface area contributed by atoms with E-state index in [0.29, 0.717) is 11.1 Å². The second-order valence-electron chi connectivity index (χ2n) is 10.8. The van der Waals surface area contributed by atoms with Crippen molar-refractivity contribution in [1.82, 2.24) is 0 Å². The highest BCUT2D eigenvalue weighted by Crippen LogP contribution is 2.54. The van der Waals surface area contributed by atoms with E-state index in [4.69, 9.17) is 4.74 Å². The number of ketones is 3. The number of benzene rings is 4. The zero-order chi connectivity index (χ0) is 29.7. The number of carbonyl (C=O) groups excluding carboxylic acids is 3. The molecule has 10 heteroatoms. The van der Waals surface area contributed by atoms with Crippen molar-refractivity contribution in [2.45, 2.75) is 32.3 Å². The van der Waals surface area contributed by atoms with Gasteiger partial charge in [0.15, 0.2) is 11.6 Å². The molecular weight excluding hydrogens is 532 g/mol. The van der Waals surface area contributed by atoms with E-state index in [9.17, 15) is 45.0 Å². The highest BCUT2D eigenvalue weighted by molar-refractivity contribution is 6.33. The van der Waals surface area contributed by atoms with Gasteiger partial charge in [-0.25, -0.2) is 0 Å². The van der Waals surface area contributed by atoms with E-state index in [1.54, 1.807) is 6.92 Å². The molecule has 0 saturated carbocycles. The van der Waals surface area contributed by atoms with Gasteiger partial charge in [0.25, 0.3) is 0 Å². The number of rotatable bonds is 2. The monoisotopic (exact) mass is 556 g/mol. The molecule has 0 aromatic heterocycles. The molecule has 0 heterocycles. The summed E-state index contributed by atoms with van der Waals surface area (Å²) in [5, 5.41) is 65.6. The molecule has 41 heavy (non-hydrogen) atoms. The van der Waals surface area contributed by atoms with Crippen LogP contribution in [0.1, 0.15) is 66.7 Å². The average molecular weight is 557 g/mol. The van der Waals surface area contributed by atoms with Crippen LogP contribution in [0.15, 0.2) is 30.3 Å². The van der Waals surface area contributed by atoms with E-state index in [-0.39, 0.29) is 57.2 Å². The minimum Gasteiger partial charge on any atom is -0.507 e. The molecule has 10 nitrogen and oxygen atoms in total. The summed E-state index contributed by atoms with van der Waals surface area (Å²) < 4.78 is 5.51. The first-order valence-corrected chi connectivity index (χ1v) is 12.6. The van der Waals surface area contributed by atoms with Gasteiger partial charge >= 0.3 is 0 Å². The SMILES string of the molecule is COc1cc2cc3c(c(O)c2c(O)c1-c1c(O)cc(O)c2c1C(=O)c1cc(C)cc(O)c1C2=O)C(=O)CC(C)(O)C3. The average Bonchev–Trinajstić information content (AvgIpc) is 2.85. The van der Waals surface area contributed by atoms with Crippen LogP contribution in [-0.2, 0) is 6.42 Å². The van der Waals surface area contributed by atoms with Crippen molar-refractivity contribution in [3.63, 3.8) is 0 Å². The van der Waals surface area contributed by atoms with Crippen LogP contribution in [0.3, 0.4) is 0 Å². The fraction of sp³-hybridized carbons (Fsp3) is 0.194. The second-order valence-corrected chi connectivity index (χ2v) is 10.8. The van der Waals surface area contributed by atoms with E-state index < -0.39 is 62.8 Å². The third-order valence-electron chi connectivity index (χ3n) is 7.75. The maximum absolute atomic E-state index is 13.9. The molecule has 1 unspecified atom stereocenters. The molecular formula is C31H24O10. The van der Waals surface area contributed by atoms with Crippen LogP contribution in [0.2, 0.25) is 0 Å². The molecule has 0 bridgehead atoms. The molecule has 0 saturated heterocycles. The first-order valence-electron chi connectivity index (χ1n) is 12.6. The number of aryl methyl sites for hydroxylation is 1. The van der Waals surface area contributed by atoms with Gasteiger partial charge in [0, 0.05) is 35.6 Å². The Morgan fingerprint density at radius 1 is 0.707 bits per heavy atom. The normalized spacial score (nSPS) is 17.8. The third-order valence-corrected chi connectivity index (χ3v) is 7.75. The fourth-order valence-electron chi connectivity index (χ4n) is 6.13. The van der Waals surface area contributed by atoms with E-state index in [1.165, 1.54) is 38.3 Å². The number of Topliss-reactive ketones (excluding diaryl/α,β-unsaturated/α-hetero) is 1. The van der Waals surface area contributed by atoms with Crippen LogP contribution >= 0.6 is 0 Å². The highest BCUT2D eigenvalue weighted by atomic mass is 16.5. The van der Waals surface area contributed by atoms with Gasteiger partial charge in [0.2, 0.25) is 5.78 Å². The van der Waals surface area contributed by atoms with Crippen LogP contribution < -0.4 is 4.74 Å². The molecule has 0 amide bonds. The summed E-state index contributed by atoms with van der Waals surface area (Å²) >= 11 is 0. The molecule has 4 aromatic rings. The maximum atomic E-state index is 13.9. The summed E-state index contributed by atoms with van der Waals surface area (Å²) in [6, 6.07) is 6.46. The lowest BCUT2D eigenvalue weighted by Gasteiger charge is -2.30. The Kier molecular flexibility index (Phi) is 5.39. The van der Waals surface area contributed by atoms with Crippen LogP contribution in [0, 0.1) is 6.92 Å². The molecule has 2 aliphatic rings. The van der Waals surface area contributed by atoms with Gasteiger partial charge in [0.1, 0.15) is 34.5 Å². The van der Waals surface area contributed by atoms with Gasteiger partial charge in [-0.1, -0.05) is 0 Å². The summed E-state index contributed by atoms with van der Waals surface area (Å²) in [5.41, 5.74) is -2.61. The number of methoxy groups -OCH3 is 1. The van der Waals surface area contributed by atoms with Gasteiger partial charge in [-0.2, -0.15) is 0 Å². The van der Waals surface area contributed by atoms with Crippen molar-refractivity contribution >= 4 is 28.1 Å². The standard InChI is InChI=1S/C31H24O10/c1-11-4-14-22(15(32)5-11)30(39)24-17(34)8-16(33)23(26(24)27(14)36)25-19(41-3)7-12-6-13-9-31(2,40)10-18(35)20(13)28(37)21(12)29(25)38/h4-8,32-34,37-38,40H,9-10H2,1-3H3. The summed E-state index contributed by atoms with van der Waals surface area (Å²) in [6.07, 6.45) is -0.186. The quantitative estimate of drug-likeness (QED) is 0.186. The first-order chi connectivity index (χ1) is 19.3. The van der Waals surface area contributed by atoms with E-state index >= 15 is 0 Å². The maximum Gasteiger partial charge on any atom is 0.201 e. The number of hydrogen-bond acceptors (Lipinski definition) is 10. The molecule has 0 aliphatic heterocycles. The number of hydrogen-bond donors (Lipinski definition) is 6. The number of aliphatic hydroxyl groups is 1. The molecule has 208 valence electrons. The lowest BCUT2D eigenvalue weighted by Crippen LogP contribution is -2.35. The van der Waals surface area contributed by atoms with Crippen molar-refractivity contribution in [1.29, 1.82) is 0 Å². The Morgan fingerprint density at radius 2 is 1.34 bits per heavy atom. The lowest BCUT2D eigenvalue weighted by atomic mass is 9.77. The molecule has 6 N–H and O–H groups in total. The summed E-state index contributed by atoms with van der Waals surface area (Å²) in [4.78, 5) is 40.3. The predicted octanol–water partition coefficient (Wildman–Crippen LogP) is 4.01. The zero-order valence-corrected chi connectivity index (χ0v) is 22.1. The Bertz CT molecular complexity index is 1920. The lowest BCUT2D eigenvalue weighted by molar-refractivity contribution is 0.0409. The molecule has 2 aliphatic carbocycles. The summed E-state index contributed by atoms with van der Waals surface area (Å²) in [5.74, 6) is -5.37. The Labute approximate surface area is 232 Å². The summed E-state index contributed by atoms with van der Waals surface area (Å²) in [6.45, 7) is 3.11. The van der Waals surface area contributed by atoms with Crippen molar-refractivity contribution in [3.05, 3.63) is 69.3 Å². The van der Waals surface area contributed by atoms with Gasteiger partial charge in [0.05, 0.1) is 40.4 Å². The number of ether oxygens (including phenoxy) is 1. The molecule has 6 rings (SSSR count). The van der Waals surface area contributed by atoms with Crippen molar-refractivity contribution < 1.29 is 49.8 Å². The number of fused-ring (bicyclic) bond motifs is 4. The predicted molar refractivity (Wildman–Crippen MR) is 146 cm³/mol. The smallest absolute Gasteiger partial charge is 0.201 e. The molecule has 0 radical (unpaired) electrons. The van der Waals surface area contributed by atoms with E-state index in [0.717, 1.165) is 6.07 Å². The molecule has 0 spiro atoms. The van der Waals surface area contributed by atoms with Gasteiger partial charge < -0.3 is 35.4 Å².